The van der Waals surface area contributed by atoms with Crippen molar-refractivity contribution < 1.29 is 13.2 Å². The summed E-state index contributed by atoms with van der Waals surface area (Å²) in [7, 11) is -3.04. The Morgan fingerprint density at radius 2 is 2.00 bits per heavy atom. The third-order valence-corrected chi connectivity index (χ3v) is 5.34. The first-order valence-corrected chi connectivity index (χ1v) is 8.11. The number of carbonyl (C=O) groups excluding carboxylic acids is 1. The quantitative estimate of drug-likeness (QED) is 0.724. The van der Waals surface area contributed by atoms with Gasteiger partial charge >= 0.3 is 0 Å². The van der Waals surface area contributed by atoms with Crippen molar-refractivity contribution in [1.29, 1.82) is 0 Å². The Morgan fingerprint density at radius 3 is 2.33 bits per heavy atom. The van der Waals surface area contributed by atoms with Crippen molar-refractivity contribution in [3.8, 4) is 0 Å². The zero-order valence-electron chi connectivity index (χ0n) is 10.9. The fourth-order valence-corrected chi connectivity index (χ4v) is 4.72. The van der Waals surface area contributed by atoms with Crippen molar-refractivity contribution in [3.63, 3.8) is 0 Å². The highest BCUT2D eigenvalue weighted by Crippen LogP contribution is 2.24. The molecule has 1 heterocycles. The maximum atomic E-state index is 12.1. The number of sulfone groups is 1. The topological polar surface area (TPSA) is 89.3 Å². The zero-order valence-corrected chi connectivity index (χ0v) is 12.5. The molecule has 0 spiro atoms. The molecule has 0 radical (unpaired) electrons. The van der Waals surface area contributed by atoms with Gasteiger partial charge in [-0.3, -0.25) is 4.79 Å². The summed E-state index contributed by atoms with van der Waals surface area (Å²) in [6.07, 6.45) is 0.434. The predicted molar refractivity (Wildman–Crippen MR) is 74.9 cm³/mol. The average Bonchev–Trinajstić information content (AvgIpc) is 2.37. The Kier molecular flexibility index (Phi) is 4.38. The van der Waals surface area contributed by atoms with E-state index in [1.54, 1.807) is 6.92 Å². The summed E-state index contributed by atoms with van der Waals surface area (Å²) < 4.78 is 22.9. The summed E-state index contributed by atoms with van der Waals surface area (Å²) >= 11 is 4.89. The Hall–Kier alpha value is -0.690. The molecular formula is C11H20N2O3S2. The van der Waals surface area contributed by atoms with Crippen LogP contribution in [0.5, 0.6) is 0 Å². The molecule has 1 fully saturated rings. The lowest BCUT2D eigenvalue weighted by atomic mass is 9.92. The second kappa shape index (κ2) is 5.13. The molecule has 1 saturated heterocycles. The van der Waals surface area contributed by atoms with Crippen molar-refractivity contribution >= 4 is 33.0 Å². The maximum Gasteiger partial charge on any atom is 0.230 e. The minimum absolute atomic E-state index is 0.0101. The minimum Gasteiger partial charge on any atom is -0.393 e. The van der Waals surface area contributed by atoms with E-state index in [2.05, 4.69) is 5.32 Å². The van der Waals surface area contributed by atoms with Crippen LogP contribution < -0.4 is 11.1 Å². The molecule has 1 rings (SSSR count). The molecule has 2 atom stereocenters. The van der Waals surface area contributed by atoms with Crippen LogP contribution in [0.15, 0.2) is 0 Å². The van der Waals surface area contributed by atoms with Crippen LogP contribution in [0.1, 0.15) is 27.2 Å². The van der Waals surface area contributed by atoms with Gasteiger partial charge in [-0.15, -0.1) is 0 Å². The maximum absolute atomic E-state index is 12.1. The molecule has 104 valence electrons. The summed E-state index contributed by atoms with van der Waals surface area (Å²) in [6.45, 7) is 5.46. The van der Waals surface area contributed by atoms with Crippen LogP contribution in [0.4, 0.5) is 0 Å². The van der Waals surface area contributed by atoms with Gasteiger partial charge in [-0.25, -0.2) is 8.42 Å². The molecule has 0 bridgehead atoms. The van der Waals surface area contributed by atoms with Gasteiger partial charge < -0.3 is 11.1 Å². The fraction of sp³-hybridized carbons (Fsp3) is 0.818. The highest BCUT2D eigenvalue weighted by Gasteiger charge is 2.41. The first-order chi connectivity index (χ1) is 8.06. The number of thiocarbonyl (C=S) groups is 1. The molecule has 0 saturated carbocycles. The Bertz CT molecular complexity index is 459. The first kappa shape index (κ1) is 15.4. The largest absolute Gasteiger partial charge is 0.393 e. The average molecular weight is 292 g/mol. The first-order valence-electron chi connectivity index (χ1n) is 5.88. The molecular weight excluding hydrogens is 272 g/mol. The molecule has 5 nitrogen and oxygen atoms in total. The van der Waals surface area contributed by atoms with Crippen LogP contribution in [0.2, 0.25) is 0 Å². The smallest absolute Gasteiger partial charge is 0.230 e. The van der Waals surface area contributed by atoms with Crippen molar-refractivity contribution in [2.75, 3.05) is 11.5 Å². The number of rotatable bonds is 4. The van der Waals surface area contributed by atoms with Gasteiger partial charge in [0.15, 0.2) is 9.84 Å². The Labute approximate surface area is 113 Å². The van der Waals surface area contributed by atoms with Crippen molar-refractivity contribution in [2.24, 2.45) is 17.6 Å². The van der Waals surface area contributed by atoms with E-state index in [-0.39, 0.29) is 28.3 Å². The highest BCUT2D eigenvalue weighted by molar-refractivity contribution is 7.91. The molecule has 1 amide bonds. The van der Waals surface area contributed by atoms with Gasteiger partial charge in [0, 0.05) is 0 Å². The molecule has 1 aliphatic heterocycles. The second-order valence-electron chi connectivity index (χ2n) is 5.52. The van der Waals surface area contributed by atoms with Gasteiger partial charge in [-0.2, -0.15) is 0 Å². The van der Waals surface area contributed by atoms with Crippen LogP contribution in [-0.4, -0.2) is 36.4 Å². The highest BCUT2D eigenvalue weighted by atomic mass is 32.2. The van der Waals surface area contributed by atoms with E-state index in [9.17, 15) is 13.2 Å². The van der Waals surface area contributed by atoms with Crippen LogP contribution in [0.25, 0.3) is 0 Å². The summed E-state index contributed by atoms with van der Waals surface area (Å²) in [5.74, 6) is -0.752. The molecule has 1 aliphatic rings. The van der Waals surface area contributed by atoms with E-state index >= 15 is 0 Å². The fourth-order valence-electron chi connectivity index (χ4n) is 2.24. The number of hydrogen-bond donors (Lipinski definition) is 2. The van der Waals surface area contributed by atoms with Gasteiger partial charge in [0.05, 0.1) is 28.0 Å². The molecule has 7 heteroatoms. The van der Waals surface area contributed by atoms with E-state index in [1.807, 2.05) is 13.8 Å². The van der Waals surface area contributed by atoms with Gasteiger partial charge in [-0.1, -0.05) is 26.1 Å². The van der Waals surface area contributed by atoms with E-state index in [4.69, 9.17) is 18.0 Å². The standard InChI is InChI=1S/C11H20N2O3S2/c1-7(2)8(9(12)17)10(14)13-11(3)4-5-18(15,16)6-11/h7-8H,4-6H2,1-3H3,(H2,12,17)(H,13,14). The van der Waals surface area contributed by atoms with Gasteiger partial charge in [0.1, 0.15) is 0 Å². The van der Waals surface area contributed by atoms with Crippen molar-refractivity contribution in [1.82, 2.24) is 5.32 Å². The third-order valence-electron chi connectivity index (χ3n) is 3.18. The predicted octanol–water partition coefficient (Wildman–Crippen LogP) is 0.238. The van der Waals surface area contributed by atoms with Crippen LogP contribution in [-0.2, 0) is 14.6 Å². The normalized spacial score (nSPS) is 28.0. The van der Waals surface area contributed by atoms with Crippen LogP contribution in [0.3, 0.4) is 0 Å². The summed E-state index contributed by atoms with van der Waals surface area (Å²) in [5.41, 5.74) is 4.86. The van der Waals surface area contributed by atoms with Crippen molar-refractivity contribution in [2.45, 2.75) is 32.7 Å². The van der Waals surface area contributed by atoms with Crippen LogP contribution in [0, 0.1) is 11.8 Å². The minimum atomic E-state index is -3.04. The van der Waals surface area contributed by atoms with Gasteiger partial charge in [-0.05, 0) is 19.3 Å². The van der Waals surface area contributed by atoms with E-state index in [1.165, 1.54) is 0 Å². The molecule has 3 N–H and O–H groups in total. The lowest BCUT2D eigenvalue weighted by Crippen LogP contribution is -2.52. The molecule has 0 aliphatic carbocycles. The lowest BCUT2D eigenvalue weighted by molar-refractivity contribution is -0.125. The van der Waals surface area contributed by atoms with E-state index in [0.29, 0.717) is 6.42 Å². The number of nitrogens with one attached hydrogen (secondary N) is 1. The number of nitrogens with two attached hydrogens (primary N) is 1. The van der Waals surface area contributed by atoms with Crippen molar-refractivity contribution in [3.05, 3.63) is 0 Å². The molecule has 0 aromatic heterocycles. The Morgan fingerprint density at radius 1 is 1.44 bits per heavy atom. The van der Waals surface area contributed by atoms with E-state index < -0.39 is 21.3 Å². The summed E-state index contributed by atoms with van der Waals surface area (Å²) in [5, 5.41) is 2.79. The molecule has 2 unspecified atom stereocenters. The Balaban J connectivity index is 2.79. The molecule has 0 aromatic carbocycles. The zero-order chi connectivity index (χ0) is 14.1. The lowest BCUT2D eigenvalue weighted by Gasteiger charge is -2.28. The summed E-state index contributed by atoms with van der Waals surface area (Å²) in [6, 6.07) is 0. The van der Waals surface area contributed by atoms with Crippen LogP contribution >= 0.6 is 12.2 Å². The third kappa shape index (κ3) is 3.65. The van der Waals surface area contributed by atoms with Gasteiger partial charge in [0.25, 0.3) is 0 Å². The SMILES string of the molecule is CC(C)C(C(=O)NC1(C)CCS(=O)(=O)C1)C(N)=S. The number of carbonyl (C=O) groups is 1. The number of amides is 1. The number of hydrogen-bond acceptors (Lipinski definition) is 4. The van der Waals surface area contributed by atoms with E-state index in [0.717, 1.165) is 0 Å². The van der Waals surface area contributed by atoms with Gasteiger partial charge in [0.2, 0.25) is 5.91 Å². The second-order valence-corrected chi connectivity index (χ2v) is 8.17. The summed E-state index contributed by atoms with van der Waals surface area (Å²) in [4.78, 5) is 12.3. The molecule has 18 heavy (non-hydrogen) atoms. The molecule has 0 aromatic rings. The monoisotopic (exact) mass is 292 g/mol.